The molecule has 0 spiro atoms. The zero-order chi connectivity index (χ0) is 13.8. The SMILES string of the molecule is CN1C[C@@H]2C[C@H]1CN2c1cc(N)cc(C(F)(F)F)c1. The molecule has 0 unspecified atom stereocenters. The highest BCUT2D eigenvalue weighted by Gasteiger charge is 2.42. The summed E-state index contributed by atoms with van der Waals surface area (Å²) in [6, 6.07) is 4.58. The molecule has 2 atom stereocenters. The molecule has 3 rings (SSSR count). The van der Waals surface area contributed by atoms with Crippen LogP contribution >= 0.6 is 0 Å². The number of likely N-dealkylation sites (tertiary alicyclic amines) is 1. The second kappa shape index (κ2) is 4.03. The Balaban J connectivity index is 1.92. The molecule has 0 amide bonds. The van der Waals surface area contributed by atoms with Crippen LogP contribution in [0.5, 0.6) is 0 Å². The van der Waals surface area contributed by atoms with E-state index in [0.717, 1.165) is 25.6 Å². The van der Waals surface area contributed by atoms with Crippen LogP contribution in [0, 0.1) is 0 Å². The maximum absolute atomic E-state index is 12.8. The molecule has 2 bridgehead atoms. The number of anilines is 2. The van der Waals surface area contributed by atoms with Crippen molar-refractivity contribution in [3.63, 3.8) is 0 Å². The highest BCUT2D eigenvalue weighted by molar-refractivity contribution is 5.60. The summed E-state index contributed by atoms with van der Waals surface area (Å²) in [5, 5.41) is 0. The number of hydrogen-bond donors (Lipinski definition) is 1. The summed E-state index contributed by atoms with van der Waals surface area (Å²) < 4.78 is 38.4. The Morgan fingerprint density at radius 1 is 1.16 bits per heavy atom. The van der Waals surface area contributed by atoms with E-state index in [1.165, 1.54) is 6.07 Å². The molecule has 1 aromatic carbocycles. The Kier molecular flexibility index (Phi) is 2.67. The van der Waals surface area contributed by atoms with E-state index in [9.17, 15) is 13.2 Å². The van der Waals surface area contributed by atoms with E-state index in [1.54, 1.807) is 6.07 Å². The van der Waals surface area contributed by atoms with Crippen molar-refractivity contribution >= 4 is 11.4 Å². The molecule has 2 aliphatic rings. The second-order valence-corrected chi connectivity index (χ2v) is 5.45. The van der Waals surface area contributed by atoms with Crippen LogP contribution in [-0.2, 0) is 6.18 Å². The zero-order valence-corrected chi connectivity index (χ0v) is 10.6. The van der Waals surface area contributed by atoms with Crippen molar-refractivity contribution in [3.8, 4) is 0 Å². The Labute approximate surface area is 109 Å². The van der Waals surface area contributed by atoms with Crippen molar-refractivity contribution in [2.24, 2.45) is 0 Å². The maximum Gasteiger partial charge on any atom is 0.416 e. The van der Waals surface area contributed by atoms with Gasteiger partial charge in [0, 0.05) is 36.5 Å². The summed E-state index contributed by atoms with van der Waals surface area (Å²) in [4.78, 5) is 4.31. The highest BCUT2D eigenvalue weighted by atomic mass is 19.4. The number of nitrogen functional groups attached to an aromatic ring is 1. The highest BCUT2D eigenvalue weighted by Crippen LogP contribution is 2.38. The lowest BCUT2D eigenvalue weighted by Crippen LogP contribution is -2.44. The lowest BCUT2D eigenvalue weighted by Gasteiger charge is -2.34. The summed E-state index contributed by atoms with van der Waals surface area (Å²) in [7, 11) is 2.06. The molecule has 1 aromatic rings. The molecule has 0 radical (unpaired) electrons. The topological polar surface area (TPSA) is 32.5 Å². The number of fused-ring (bicyclic) bond motifs is 2. The van der Waals surface area contributed by atoms with Gasteiger partial charge in [0.15, 0.2) is 0 Å². The average Bonchev–Trinajstić information content (AvgIpc) is 2.85. The first kappa shape index (κ1) is 12.6. The van der Waals surface area contributed by atoms with Gasteiger partial charge in [-0.3, -0.25) is 4.90 Å². The third-order valence-corrected chi connectivity index (χ3v) is 4.11. The molecule has 2 aliphatic heterocycles. The first-order valence-electron chi connectivity index (χ1n) is 6.29. The van der Waals surface area contributed by atoms with Gasteiger partial charge in [0.1, 0.15) is 0 Å². The van der Waals surface area contributed by atoms with Gasteiger partial charge >= 0.3 is 6.18 Å². The number of likely N-dealkylation sites (N-methyl/N-ethyl adjacent to an activating group) is 1. The van der Waals surface area contributed by atoms with Gasteiger partial charge in [0.05, 0.1) is 5.56 Å². The summed E-state index contributed by atoms with van der Waals surface area (Å²) in [6.45, 7) is 1.68. The van der Waals surface area contributed by atoms with Gasteiger partial charge in [-0.1, -0.05) is 0 Å². The molecular weight excluding hydrogens is 255 g/mol. The molecule has 0 aromatic heterocycles. The number of halogens is 3. The monoisotopic (exact) mass is 271 g/mol. The summed E-state index contributed by atoms with van der Waals surface area (Å²) in [5.74, 6) is 0. The molecular formula is C13H16F3N3. The van der Waals surface area contributed by atoms with Gasteiger partial charge in [0.25, 0.3) is 0 Å². The number of alkyl halides is 3. The van der Waals surface area contributed by atoms with E-state index in [4.69, 9.17) is 5.73 Å². The van der Waals surface area contributed by atoms with Crippen LogP contribution < -0.4 is 10.6 Å². The number of nitrogens with two attached hydrogens (primary N) is 1. The van der Waals surface area contributed by atoms with Gasteiger partial charge in [-0.15, -0.1) is 0 Å². The standard InChI is InChI=1S/C13H16F3N3/c1-18-6-12-5-11(18)7-19(12)10-3-8(13(14,15)16)2-9(17)4-10/h2-4,11-12H,5-7,17H2,1H3/t11-,12-/m0/s1. The molecule has 104 valence electrons. The first-order valence-corrected chi connectivity index (χ1v) is 6.29. The fraction of sp³-hybridized carbons (Fsp3) is 0.538. The Hall–Kier alpha value is -1.43. The number of benzene rings is 1. The molecule has 0 saturated carbocycles. The van der Waals surface area contributed by atoms with Crippen LogP contribution in [0.25, 0.3) is 0 Å². The van der Waals surface area contributed by atoms with Crippen LogP contribution in [-0.4, -0.2) is 37.1 Å². The average molecular weight is 271 g/mol. The minimum Gasteiger partial charge on any atom is -0.399 e. The van der Waals surface area contributed by atoms with Gasteiger partial charge in [-0.2, -0.15) is 13.2 Å². The lowest BCUT2D eigenvalue weighted by molar-refractivity contribution is -0.137. The normalized spacial score (nSPS) is 27.3. The number of piperazine rings is 1. The van der Waals surface area contributed by atoms with Gasteiger partial charge in [-0.05, 0) is 31.7 Å². The molecule has 0 aliphatic carbocycles. The molecule has 6 heteroatoms. The quantitative estimate of drug-likeness (QED) is 0.795. The number of nitrogens with zero attached hydrogens (tertiary/aromatic N) is 2. The fourth-order valence-corrected chi connectivity index (χ4v) is 3.15. The smallest absolute Gasteiger partial charge is 0.399 e. The third-order valence-electron chi connectivity index (χ3n) is 4.11. The maximum atomic E-state index is 12.8. The Bertz CT molecular complexity index is 498. The van der Waals surface area contributed by atoms with E-state index in [1.807, 2.05) is 0 Å². The van der Waals surface area contributed by atoms with E-state index < -0.39 is 11.7 Å². The molecule has 2 saturated heterocycles. The molecule has 2 fully saturated rings. The predicted octanol–water partition coefficient (Wildman–Crippen LogP) is 2.18. The summed E-state index contributed by atoms with van der Waals surface area (Å²) in [6.07, 6.45) is -3.33. The van der Waals surface area contributed by atoms with Crippen molar-refractivity contribution in [2.75, 3.05) is 30.8 Å². The van der Waals surface area contributed by atoms with Crippen molar-refractivity contribution in [1.29, 1.82) is 0 Å². The molecule has 19 heavy (non-hydrogen) atoms. The zero-order valence-electron chi connectivity index (χ0n) is 10.6. The molecule has 2 N–H and O–H groups in total. The Morgan fingerprint density at radius 3 is 2.42 bits per heavy atom. The third kappa shape index (κ3) is 2.14. The number of rotatable bonds is 1. The predicted molar refractivity (Wildman–Crippen MR) is 68.0 cm³/mol. The second-order valence-electron chi connectivity index (χ2n) is 5.45. The Morgan fingerprint density at radius 2 is 1.89 bits per heavy atom. The van der Waals surface area contributed by atoms with Crippen LogP contribution in [0.3, 0.4) is 0 Å². The van der Waals surface area contributed by atoms with E-state index in [0.29, 0.717) is 17.8 Å². The van der Waals surface area contributed by atoms with Crippen molar-refractivity contribution < 1.29 is 13.2 Å². The van der Waals surface area contributed by atoms with Gasteiger partial charge in [-0.25, -0.2) is 0 Å². The van der Waals surface area contributed by atoms with Crippen LogP contribution in [0.4, 0.5) is 24.5 Å². The van der Waals surface area contributed by atoms with Gasteiger partial charge < -0.3 is 10.6 Å². The molecule has 2 heterocycles. The minimum atomic E-state index is -4.35. The first-order chi connectivity index (χ1) is 8.84. The summed E-state index contributed by atoms with van der Waals surface area (Å²) in [5.41, 5.74) is 5.70. The van der Waals surface area contributed by atoms with E-state index >= 15 is 0 Å². The van der Waals surface area contributed by atoms with E-state index in [2.05, 4.69) is 16.8 Å². The summed E-state index contributed by atoms with van der Waals surface area (Å²) >= 11 is 0. The van der Waals surface area contributed by atoms with Crippen molar-refractivity contribution in [2.45, 2.75) is 24.7 Å². The van der Waals surface area contributed by atoms with Gasteiger partial charge in [0.2, 0.25) is 0 Å². The minimum absolute atomic E-state index is 0.168. The van der Waals surface area contributed by atoms with Crippen LogP contribution in [0.15, 0.2) is 18.2 Å². The van der Waals surface area contributed by atoms with Crippen LogP contribution in [0.2, 0.25) is 0 Å². The number of hydrogen-bond acceptors (Lipinski definition) is 3. The molecule has 3 nitrogen and oxygen atoms in total. The fourth-order valence-electron chi connectivity index (χ4n) is 3.15. The van der Waals surface area contributed by atoms with Crippen LogP contribution in [0.1, 0.15) is 12.0 Å². The lowest BCUT2D eigenvalue weighted by atomic mass is 10.1. The largest absolute Gasteiger partial charge is 0.416 e. The van der Waals surface area contributed by atoms with Crippen molar-refractivity contribution in [1.82, 2.24) is 4.90 Å². The van der Waals surface area contributed by atoms with E-state index in [-0.39, 0.29) is 5.69 Å². The van der Waals surface area contributed by atoms with Crippen molar-refractivity contribution in [3.05, 3.63) is 23.8 Å².